The molecule has 148 valence electrons. The fourth-order valence-electron chi connectivity index (χ4n) is 2.66. The summed E-state index contributed by atoms with van der Waals surface area (Å²) in [7, 11) is 0. The average Bonchev–Trinajstić information content (AvgIpc) is 3.14. The van der Waals surface area contributed by atoms with Gasteiger partial charge in [0, 0.05) is 11.8 Å². The van der Waals surface area contributed by atoms with Crippen LogP contribution in [0.5, 0.6) is 0 Å². The number of benzene rings is 2. The number of hydrogen-bond acceptors (Lipinski definition) is 5. The number of amides is 3. The smallest absolute Gasteiger partial charge is 0.342 e. The molecule has 29 heavy (non-hydrogen) atoms. The molecule has 0 bridgehead atoms. The summed E-state index contributed by atoms with van der Waals surface area (Å²) < 4.78 is 6.79. The summed E-state index contributed by atoms with van der Waals surface area (Å²) in [6.45, 7) is 3.33. The van der Waals surface area contributed by atoms with Crippen molar-refractivity contribution in [1.82, 2.24) is 15.1 Å². The molecule has 0 aliphatic rings. The topological polar surface area (TPSA) is 116 Å². The number of carbonyl (C=O) groups is 3. The average molecular weight is 392 g/mol. The Morgan fingerprint density at radius 1 is 1.07 bits per heavy atom. The SMILES string of the molecule is Cc1ccc(-n2cc(C(=O)OC(C)C(=O)NC(N)=O)c(-c3ccccc3)n2)cc1. The molecule has 0 saturated carbocycles. The molecule has 8 heteroatoms. The lowest BCUT2D eigenvalue weighted by Crippen LogP contribution is -2.42. The summed E-state index contributed by atoms with van der Waals surface area (Å²) >= 11 is 0. The number of ether oxygens (including phenoxy) is 1. The van der Waals surface area contributed by atoms with Gasteiger partial charge in [0.25, 0.3) is 5.91 Å². The second kappa shape index (κ2) is 8.39. The molecule has 0 spiro atoms. The molecule has 0 radical (unpaired) electrons. The molecule has 0 aliphatic carbocycles. The van der Waals surface area contributed by atoms with Crippen molar-refractivity contribution in [3.05, 3.63) is 71.9 Å². The summed E-state index contributed by atoms with van der Waals surface area (Å²) in [5.41, 5.74) is 8.12. The fourth-order valence-corrected chi connectivity index (χ4v) is 2.66. The minimum absolute atomic E-state index is 0.190. The normalized spacial score (nSPS) is 11.5. The van der Waals surface area contributed by atoms with Crippen LogP contribution in [-0.4, -0.2) is 33.8 Å². The monoisotopic (exact) mass is 392 g/mol. The summed E-state index contributed by atoms with van der Waals surface area (Å²) in [4.78, 5) is 35.4. The van der Waals surface area contributed by atoms with Crippen LogP contribution < -0.4 is 11.1 Å². The number of aryl methyl sites for hydroxylation is 1. The molecule has 3 rings (SSSR count). The number of hydrogen-bond donors (Lipinski definition) is 2. The van der Waals surface area contributed by atoms with Gasteiger partial charge in [-0.1, -0.05) is 48.0 Å². The number of primary amides is 1. The first kappa shape index (κ1) is 19.8. The van der Waals surface area contributed by atoms with Gasteiger partial charge in [-0.05, 0) is 26.0 Å². The predicted octanol–water partition coefficient (Wildman–Crippen LogP) is 2.59. The number of nitrogens with two attached hydrogens (primary N) is 1. The number of urea groups is 1. The van der Waals surface area contributed by atoms with Crippen LogP contribution in [0.25, 0.3) is 16.9 Å². The number of carbonyl (C=O) groups excluding carboxylic acids is 3. The molecule has 1 heterocycles. The number of aromatic nitrogens is 2. The molecule has 1 atom stereocenters. The maximum Gasteiger partial charge on any atom is 0.342 e. The van der Waals surface area contributed by atoms with Crippen molar-refractivity contribution in [2.75, 3.05) is 0 Å². The van der Waals surface area contributed by atoms with Gasteiger partial charge in [0.15, 0.2) is 6.10 Å². The van der Waals surface area contributed by atoms with Crippen LogP contribution in [0, 0.1) is 6.92 Å². The van der Waals surface area contributed by atoms with Gasteiger partial charge in [-0.2, -0.15) is 5.10 Å². The minimum atomic E-state index is -1.21. The zero-order valence-electron chi connectivity index (χ0n) is 16.0. The third-order valence-electron chi connectivity index (χ3n) is 4.18. The molecule has 2 aromatic carbocycles. The summed E-state index contributed by atoms with van der Waals surface area (Å²) in [5.74, 6) is -1.55. The van der Waals surface area contributed by atoms with Gasteiger partial charge in [0.2, 0.25) is 0 Å². The third-order valence-corrected chi connectivity index (χ3v) is 4.18. The van der Waals surface area contributed by atoms with E-state index in [1.165, 1.54) is 6.92 Å². The van der Waals surface area contributed by atoms with E-state index in [2.05, 4.69) is 5.10 Å². The van der Waals surface area contributed by atoms with E-state index in [4.69, 9.17) is 10.5 Å². The van der Waals surface area contributed by atoms with Crippen molar-refractivity contribution in [1.29, 1.82) is 0 Å². The molecule has 3 N–H and O–H groups in total. The predicted molar refractivity (Wildman–Crippen MR) is 106 cm³/mol. The minimum Gasteiger partial charge on any atom is -0.449 e. The van der Waals surface area contributed by atoms with Crippen molar-refractivity contribution >= 4 is 17.9 Å². The van der Waals surface area contributed by atoms with E-state index >= 15 is 0 Å². The van der Waals surface area contributed by atoms with Gasteiger partial charge in [-0.25, -0.2) is 14.3 Å². The van der Waals surface area contributed by atoms with Gasteiger partial charge in [0.05, 0.1) is 5.69 Å². The zero-order chi connectivity index (χ0) is 21.0. The molecule has 8 nitrogen and oxygen atoms in total. The van der Waals surface area contributed by atoms with Crippen LogP contribution in [-0.2, 0) is 9.53 Å². The van der Waals surface area contributed by atoms with Crippen molar-refractivity contribution < 1.29 is 19.1 Å². The molecule has 0 saturated heterocycles. The molecule has 0 fully saturated rings. The highest BCUT2D eigenvalue weighted by Crippen LogP contribution is 2.25. The second-order valence-electron chi connectivity index (χ2n) is 6.44. The number of nitrogens with zero attached hydrogens (tertiary/aromatic N) is 2. The summed E-state index contributed by atoms with van der Waals surface area (Å²) in [6.07, 6.45) is 0.343. The summed E-state index contributed by atoms with van der Waals surface area (Å²) in [6, 6.07) is 15.8. The van der Waals surface area contributed by atoms with Gasteiger partial charge in [0.1, 0.15) is 11.3 Å². The van der Waals surface area contributed by atoms with Crippen molar-refractivity contribution in [3.8, 4) is 16.9 Å². The Bertz CT molecular complexity index is 1040. The van der Waals surface area contributed by atoms with E-state index in [1.54, 1.807) is 10.9 Å². The lowest BCUT2D eigenvalue weighted by molar-refractivity contribution is -0.127. The number of esters is 1. The third kappa shape index (κ3) is 4.67. The van der Waals surface area contributed by atoms with Crippen LogP contribution in [0.3, 0.4) is 0 Å². The standard InChI is InChI=1S/C21H20N4O4/c1-13-8-10-16(11-9-13)25-12-17(18(24-25)15-6-4-3-5-7-15)20(27)29-14(2)19(26)23-21(22)28/h3-12,14H,1-2H3,(H3,22,23,26,28). The first-order chi connectivity index (χ1) is 13.8. The van der Waals surface area contributed by atoms with Crippen molar-refractivity contribution in [2.24, 2.45) is 5.73 Å². The lowest BCUT2D eigenvalue weighted by Gasteiger charge is -2.11. The van der Waals surface area contributed by atoms with Crippen LogP contribution in [0.1, 0.15) is 22.8 Å². The van der Waals surface area contributed by atoms with Crippen LogP contribution in [0.4, 0.5) is 4.79 Å². The first-order valence-electron chi connectivity index (χ1n) is 8.88. The molecule has 3 aromatic rings. The molecular weight excluding hydrogens is 372 g/mol. The van der Waals surface area contributed by atoms with E-state index in [0.717, 1.165) is 16.8 Å². The fraction of sp³-hybridized carbons (Fsp3) is 0.143. The van der Waals surface area contributed by atoms with Crippen LogP contribution >= 0.6 is 0 Å². The first-order valence-corrected chi connectivity index (χ1v) is 8.88. The highest BCUT2D eigenvalue weighted by atomic mass is 16.5. The largest absolute Gasteiger partial charge is 0.449 e. The lowest BCUT2D eigenvalue weighted by atomic mass is 10.1. The molecule has 1 aromatic heterocycles. The van der Waals surface area contributed by atoms with Gasteiger partial charge in [-0.15, -0.1) is 0 Å². The van der Waals surface area contributed by atoms with Crippen LogP contribution in [0.15, 0.2) is 60.8 Å². The highest BCUT2D eigenvalue weighted by Gasteiger charge is 2.24. The summed E-state index contributed by atoms with van der Waals surface area (Å²) in [5, 5.41) is 6.43. The Labute approximate surface area is 167 Å². The molecular formula is C21H20N4O4. The zero-order valence-corrected chi connectivity index (χ0v) is 16.0. The van der Waals surface area contributed by atoms with Crippen molar-refractivity contribution in [3.63, 3.8) is 0 Å². The Morgan fingerprint density at radius 2 is 1.72 bits per heavy atom. The number of nitrogens with one attached hydrogen (secondary N) is 1. The molecule has 0 aliphatic heterocycles. The Kier molecular flexibility index (Phi) is 5.73. The Hall–Kier alpha value is -3.94. The van der Waals surface area contributed by atoms with Crippen LogP contribution in [0.2, 0.25) is 0 Å². The quantitative estimate of drug-likeness (QED) is 0.648. The van der Waals surface area contributed by atoms with Gasteiger partial charge < -0.3 is 10.5 Å². The highest BCUT2D eigenvalue weighted by molar-refractivity contribution is 6.00. The van der Waals surface area contributed by atoms with E-state index in [-0.39, 0.29) is 5.56 Å². The van der Waals surface area contributed by atoms with Gasteiger partial charge >= 0.3 is 12.0 Å². The van der Waals surface area contributed by atoms with E-state index < -0.39 is 24.0 Å². The second-order valence-corrected chi connectivity index (χ2v) is 6.44. The van der Waals surface area contributed by atoms with Crippen molar-refractivity contribution in [2.45, 2.75) is 20.0 Å². The Morgan fingerprint density at radius 3 is 2.34 bits per heavy atom. The van der Waals surface area contributed by atoms with E-state index in [0.29, 0.717) is 5.69 Å². The van der Waals surface area contributed by atoms with E-state index in [1.807, 2.05) is 66.8 Å². The van der Waals surface area contributed by atoms with Gasteiger partial charge in [-0.3, -0.25) is 10.1 Å². The number of imide groups is 1. The molecule has 3 amide bonds. The maximum absolute atomic E-state index is 12.8. The van der Waals surface area contributed by atoms with E-state index in [9.17, 15) is 14.4 Å². The maximum atomic E-state index is 12.8. The molecule has 1 unspecified atom stereocenters. The Balaban J connectivity index is 1.95. The number of rotatable bonds is 5.